The predicted molar refractivity (Wildman–Crippen MR) is 99.9 cm³/mol. The number of halogens is 2. The molecule has 150 valence electrons. The monoisotopic (exact) mass is 400 g/mol. The van der Waals surface area contributed by atoms with Gasteiger partial charge in [0.15, 0.2) is 24.0 Å². The van der Waals surface area contributed by atoms with E-state index in [-0.39, 0.29) is 35.7 Å². The van der Waals surface area contributed by atoms with Crippen LogP contribution in [0.2, 0.25) is 0 Å². The van der Waals surface area contributed by atoms with Crippen LogP contribution in [0.15, 0.2) is 36.4 Å². The summed E-state index contributed by atoms with van der Waals surface area (Å²) in [4.78, 5) is 38.3. The van der Waals surface area contributed by atoms with E-state index in [2.05, 4.69) is 5.32 Å². The van der Waals surface area contributed by atoms with E-state index in [1.807, 2.05) is 0 Å². The molecule has 1 fully saturated rings. The van der Waals surface area contributed by atoms with Gasteiger partial charge in [-0.15, -0.1) is 0 Å². The highest BCUT2D eigenvalue weighted by atomic mass is 19.2. The molecule has 2 amide bonds. The largest absolute Gasteiger partial charge is 0.482 e. The molecule has 2 aromatic rings. The molecule has 1 N–H and O–H groups in total. The molecule has 2 aromatic carbocycles. The second kappa shape index (κ2) is 7.62. The lowest BCUT2D eigenvalue weighted by molar-refractivity contribution is -0.118. The van der Waals surface area contributed by atoms with Gasteiger partial charge in [0.25, 0.3) is 11.8 Å². The number of amides is 2. The van der Waals surface area contributed by atoms with Crippen molar-refractivity contribution in [3.8, 4) is 5.75 Å². The summed E-state index contributed by atoms with van der Waals surface area (Å²) in [6.07, 6.45) is 0.933. The molecule has 0 aromatic heterocycles. The van der Waals surface area contributed by atoms with E-state index in [1.54, 1.807) is 18.2 Å². The van der Waals surface area contributed by atoms with Gasteiger partial charge in [0.05, 0.1) is 5.69 Å². The third-order valence-corrected chi connectivity index (χ3v) is 5.22. The van der Waals surface area contributed by atoms with Crippen molar-refractivity contribution < 1.29 is 27.9 Å². The molecule has 0 radical (unpaired) electrons. The SMILES string of the molecule is O=C1COc2ccc(C(=O)C3CCN(C(=O)c4ccc(F)c(F)c4)CC3)cc2N1. The minimum absolute atomic E-state index is 0.0509. The number of hydrogen-bond donors (Lipinski definition) is 1. The fourth-order valence-electron chi connectivity index (χ4n) is 3.63. The lowest BCUT2D eigenvalue weighted by Crippen LogP contribution is -2.40. The highest BCUT2D eigenvalue weighted by Crippen LogP contribution is 2.31. The standard InChI is InChI=1S/C21H18F2N2O4/c22-15-3-1-14(9-16(15)23)21(28)25-7-5-12(6-8-25)20(27)13-2-4-18-17(10-13)24-19(26)11-29-18/h1-4,9-10,12H,5-8,11H2,(H,24,26). The number of likely N-dealkylation sites (tertiary alicyclic amines) is 1. The Kier molecular flexibility index (Phi) is 5.00. The molecule has 0 spiro atoms. The van der Waals surface area contributed by atoms with Crippen molar-refractivity contribution in [2.45, 2.75) is 12.8 Å². The van der Waals surface area contributed by atoms with E-state index in [4.69, 9.17) is 4.74 Å². The van der Waals surface area contributed by atoms with Gasteiger partial charge in [-0.05, 0) is 49.2 Å². The second-order valence-corrected chi connectivity index (χ2v) is 7.11. The first-order valence-corrected chi connectivity index (χ1v) is 9.27. The van der Waals surface area contributed by atoms with E-state index < -0.39 is 11.6 Å². The lowest BCUT2D eigenvalue weighted by atomic mass is 9.88. The molecule has 8 heteroatoms. The molecule has 0 atom stereocenters. The van der Waals surface area contributed by atoms with Crippen molar-refractivity contribution in [2.24, 2.45) is 5.92 Å². The predicted octanol–water partition coefficient (Wildman–Crippen LogP) is 3.03. The molecule has 6 nitrogen and oxygen atoms in total. The van der Waals surface area contributed by atoms with Gasteiger partial charge in [0.1, 0.15) is 5.75 Å². The second-order valence-electron chi connectivity index (χ2n) is 7.11. The van der Waals surface area contributed by atoms with E-state index in [0.717, 1.165) is 12.1 Å². The number of nitrogens with zero attached hydrogens (tertiary/aromatic N) is 1. The molecule has 0 saturated carbocycles. The summed E-state index contributed by atoms with van der Waals surface area (Å²) in [5.41, 5.74) is 1.03. The topological polar surface area (TPSA) is 75.7 Å². The zero-order chi connectivity index (χ0) is 20.5. The van der Waals surface area contributed by atoms with Crippen LogP contribution in [0, 0.1) is 17.6 Å². The fraction of sp³-hybridized carbons (Fsp3) is 0.286. The van der Waals surface area contributed by atoms with Gasteiger partial charge < -0.3 is 15.0 Å². The summed E-state index contributed by atoms with van der Waals surface area (Å²) < 4.78 is 31.7. The number of carbonyl (C=O) groups is 3. The van der Waals surface area contributed by atoms with Crippen LogP contribution in [-0.2, 0) is 4.79 Å². The minimum Gasteiger partial charge on any atom is -0.482 e. The number of benzene rings is 2. The fourth-order valence-corrected chi connectivity index (χ4v) is 3.63. The molecular formula is C21H18F2N2O4. The van der Waals surface area contributed by atoms with E-state index in [1.165, 1.54) is 11.0 Å². The summed E-state index contributed by atoms with van der Waals surface area (Å²) in [6, 6.07) is 7.99. The third kappa shape index (κ3) is 3.83. The van der Waals surface area contributed by atoms with Gasteiger partial charge in [-0.1, -0.05) is 0 Å². The van der Waals surface area contributed by atoms with Crippen LogP contribution in [0.3, 0.4) is 0 Å². The molecule has 4 rings (SSSR count). The van der Waals surface area contributed by atoms with Crippen LogP contribution < -0.4 is 10.1 Å². The van der Waals surface area contributed by atoms with Gasteiger partial charge in [-0.3, -0.25) is 14.4 Å². The van der Waals surface area contributed by atoms with Crippen molar-refractivity contribution in [3.63, 3.8) is 0 Å². The average Bonchev–Trinajstić information content (AvgIpc) is 2.74. The zero-order valence-electron chi connectivity index (χ0n) is 15.4. The molecule has 1 saturated heterocycles. The Morgan fingerprint density at radius 2 is 1.72 bits per heavy atom. The van der Waals surface area contributed by atoms with E-state index in [9.17, 15) is 23.2 Å². The number of rotatable bonds is 3. The molecule has 0 unspecified atom stereocenters. The van der Waals surface area contributed by atoms with Crippen LogP contribution in [0.5, 0.6) is 5.75 Å². The molecule has 0 bridgehead atoms. The Bertz CT molecular complexity index is 1000. The van der Waals surface area contributed by atoms with Crippen LogP contribution in [0.4, 0.5) is 14.5 Å². The van der Waals surface area contributed by atoms with Gasteiger partial charge in [0, 0.05) is 30.1 Å². The first-order chi connectivity index (χ1) is 13.9. The van der Waals surface area contributed by atoms with Crippen LogP contribution in [0.25, 0.3) is 0 Å². The van der Waals surface area contributed by atoms with Crippen LogP contribution in [-0.4, -0.2) is 42.2 Å². The maximum absolute atomic E-state index is 13.4. The van der Waals surface area contributed by atoms with Gasteiger partial charge >= 0.3 is 0 Å². The molecular weight excluding hydrogens is 382 g/mol. The summed E-state index contributed by atoms with van der Waals surface area (Å²) in [6.45, 7) is 0.642. The van der Waals surface area contributed by atoms with Crippen molar-refractivity contribution in [3.05, 3.63) is 59.2 Å². The van der Waals surface area contributed by atoms with Crippen LogP contribution in [0.1, 0.15) is 33.6 Å². The number of anilines is 1. The molecule has 2 heterocycles. The number of hydrogen-bond acceptors (Lipinski definition) is 4. The quantitative estimate of drug-likeness (QED) is 0.804. The number of ether oxygens (including phenoxy) is 1. The number of carbonyl (C=O) groups excluding carboxylic acids is 3. The number of ketones is 1. The lowest BCUT2D eigenvalue weighted by Gasteiger charge is -2.31. The average molecular weight is 400 g/mol. The maximum Gasteiger partial charge on any atom is 0.262 e. The number of piperidine rings is 1. The Balaban J connectivity index is 1.41. The van der Waals surface area contributed by atoms with Crippen molar-refractivity contribution in [1.82, 2.24) is 4.90 Å². The van der Waals surface area contributed by atoms with E-state index >= 15 is 0 Å². The summed E-state index contributed by atoms with van der Waals surface area (Å²) in [5.74, 6) is -2.53. The summed E-state index contributed by atoms with van der Waals surface area (Å²) >= 11 is 0. The van der Waals surface area contributed by atoms with Gasteiger partial charge in [-0.2, -0.15) is 0 Å². The van der Waals surface area contributed by atoms with Crippen molar-refractivity contribution in [1.29, 1.82) is 0 Å². The highest BCUT2D eigenvalue weighted by Gasteiger charge is 2.29. The maximum atomic E-state index is 13.4. The molecule has 0 aliphatic carbocycles. The summed E-state index contributed by atoms with van der Waals surface area (Å²) in [5, 5.41) is 2.68. The minimum atomic E-state index is -1.07. The Morgan fingerprint density at radius 1 is 1.00 bits per heavy atom. The van der Waals surface area contributed by atoms with Gasteiger partial charge in [-0.25, -0.2) is 8.78 Å². The first-order valence-electron chi connectivity index (χ1n) is 9.27. The van der Waals surface area contributed by atoms with E-state index in [0.29, 0.717) is 42.9 Å². The number of fused-ring (bicyclic) bond motifs is 1. The smallest absolute Gasteiger partial charge is 0.262 e. The molecule has 29 heavy (non-hydrogen) atoms. The Labute approximate surface area is 165 Å². The normalized spacial score (nSPS) is 16.6. The Morgan fingerprint density at radius 3 is 2.45 bits per heavy atom. The third-order valence-electron chi connectivity index (χ3n) is 5.22. The summed E-state index contributed by atoms with van der Waals surface area (Å²) in [7, 11) is 0. The Hall–Kier alpha value is -3.29. The first kappa shape index (κ1) is 19.0. The zero-order valence-corrected chi connectivity index (χ0v) is 15.4. The van der Waals surface area contributed by atoms with Gasteiger partial charge in [0.2, 0.25) is 0 Å². The molecule has 2 aliphatic rings. The highest BCUT2D eigenvalue weighted by molar-refractivity contribution is 6.02. The van der Waals surface area contributed by atoms with Crippen LogP contribution >= 0.6 is 0 Å². The number of nitrogens with one attached hydrogen (secondary N) is 1. The number of Topliss-reactive ketones (excluding diaryl/α,β-unsaturated/α-hetero) is 1. The van der Waals surface area contributed by atoms with Crippen molar-refractivity contribution >= 4 is 23.3 Å². The van der Waals surface area contributed by atoms with Crippen molar-refractivity contribution in [2.75, 3.05) is 25.0 Å². The molecule has 2 aliphatic heterocycles.